The summed E-state index contributed by atoms with van der Waals surface area (Å²) in [6.07, 6.45) is 2.80. The van der Waals surface area contributed by atoms with Gasteiger partial charge in [-0.25, -0.2) is 0 Å². The third kappa shape index (κ3) is 4.04. The van der Waals surface area contributed by atoms with Gasteiger partial charge in [-0.1, -0.05) is 18.2 Å². The van der Waals surface area contributed by atoms with Crippen molar-refractivity contribution >= 4 is 24.0 Å². The van der Waals surface area contributed by atoms with Gasteiger partial charge in [-0.2, -0.15) is 5.10 Å². The quantitative estimate of drug-likeness (QED) is 0.681. The fourth-order valence-electron chi connectivity index (χ4n) is 2.85. The van der Waals surface area contributed by atoms with Gasteiger partial charge >= 0.3 is 0 Å². The highest BCUT2D eigenvalue weighted by Crippen LogP contribution is 2.33. The number of benzene rings is 2. The molecule has 0 saturated carbocycles. The van der Waals surface area contributed by atoms with Crippen molar-refractivity contribution < 1.29 is 19.0 Å². The zero-order valence-corrected chi connectivity index (χ0v) is 16.0. The van der Waals surface area contributed by atoms with E-state index in [9.17, 15) is 4.79 Å². The van der Waals surface area contributed by atoms with E-state index in [-0.39, 0.29) is 24.9 Å². The van der Waals surface area contributed by atoms with Crippen LogP contribution < -0.4 is 19.5 Å². The normalized spacial score (nSPS) is 14.7. The monoisotopic (exact) mass is 401 g/mol. The SMILES string of the molecule is CCOc1cc(-c2cn[nH]c2)ccc1NC(=O)C1COc2ccccc2O1.Cl. The van der Waals surface area contributed by atoms with Crippen LogP contribution in [0.2, 0.25) is 0 Å². The Bertz CT molecular complexity index is 946. The molecule has 1 amide bonds. The first kappa shape index (κ1) is 19.6. The van der Waals surface area contributed by atoms with Crippen LogP contribution in [0.3, 0.4) is 0 Å². The Balaban J connectivity index is 0.00000225. The number of aromatic amines is 1. The summed E-state index contributed by atoms with van der Waals surface area (Å²) in [5.41, 5.74) is 2.46. The number of hydrogen-bond acceptors (Lipinski definition) is 5. The molecule has 1 unspecified atom stereocenters. The Kier molecular flexibility index (Phi) is 6.06. The fraction of sp³-hybridized carbons (Fsp3) is 0.200. The van der Waals surface area contributed by atoms with Crippen LogP contribution in [0.25, 0.3) is 11.1 Å². The number of anilines is 1. The van der Waals surface area contributed by atoms with E-state index < -0.39 is 6.10 Å². The molecule has 1 aromatic heterocycles. The van der Waals surface area contributed by atoms with Crippen molar-refractivity contribution in [2.45, 2.75) is 13.0 Å². The summed E-state index contributed by atoms with van der Waals surface area (Å²) in [5, 5.41) is 9.62. The lowest BCUT2D eigenvalue weighted by molar-refractivity contribution is -0.125. The van der Waals surface area contributed by atoms with Crippen LogP contribution in [0, 0.1) is 0 Å². The molecule has 1 aliphatic heterocycles. The van der Waals surface area contributed by atoms with E-state index in [2.05, 4.69) is 15.5 Å². The van der Waals surface area contributed by atoms with Crippen LogP contribution in [0.1, 0.15) is 6.92 Å². The molecule has 0 bridgehead atoms. The summed E-state index contributed by atoms with van der Waals surface area (Å²) in [4.78, 5) is 12.7. The number of amides is 1. The highest BCUT2D eigenvalue weighted by atomic mass is 35.5. The number of halogens is 1. The molecule has 2 N–H and O–H groups in total. The van der Waals surface area contributed by atoms with Crippen molar-refractivity contribution in [1.29, 1.82) is 0 Å². The number of hydrogen-bond donors (Lipinski definition) is 2. The number of rotatable bonds is 5. The smallest absolute Gasteiger partial charge is 0.269 e. The van der Waals surface area contributed by atoms with Gasteiger partial charge in [0.15, 0.2) is 11.5 Å². The first-order valence-corrected chi connectivity index (χ1v) is 8.70. The molecular weight excluding hydrogens is 382 g/mol. The molecule has 7 nitrogen and oxygen atoms in total. The second kappa shape index (κ2) is 8.67. The molecule has 8 heteroatoms. The lowest BCUT2D eigenvalue weighted by Gasteiger charge is -2.25. The second-order valence-electron chi connectivity index (χ2n) is 5.98. The first-order chi connectivity index (χ1) is 13.2. The molecule has 0 radical (unpaired) electrons. The van der Waals surface area contributed by atoms with E-state index in [1.807, 2.05) is 43.3 Å². The number of para-hydroxylation sites is 2. The Labute approximate surface area is 168 Å². The third-order valence-electron chi connectivity index (χ3n) is 4.17. The zero-order chi connectivity index (χ0) is 18.6. The summed E-state index contributed by atoms with van der Waals surface area (Å²) in [5.74, 6) is 1.49. The minimum absolute atomic E-state index is 0. The maximum atomic E-state index is 12.7. The van der Waals surface area contributed by atoms with Gasteiger partial charge < -0.3 is 19.5 Å². The van der Waals surface area contributed by atoms with Gasteiger partial charge in [-0.15, -0.1) is 12.4 Å². The average molecular weight is 402 g/mol. The topological polar surface area (TPSA) is 85.5 Å². The van der Waals surface area contributed by atoms with E-state index >= 15 is 0 Å². The maximum absolute atomic E-state index is 12.7. The highest BCUT2D eigenvalue weighted by molar-refractivity contribution is 5.96. The first-order valence-electron chi connectivity index (χ1n) is 8.70. The van der Waals surface area contributed by atoms with Crippen LogP contribution in [0.15, 0.2) is 54.9 Å². The number of aromatic nitrogens is 2. The van der Waals surface area contributed by atoms with E-state index in [1.165, 1.54) is 0 Å². The van der Waals surface area contributed by atoms with Gasteiger partial charge in [-0.05, 0) is 36.8 Å². The van der Waals surface area contributed by atoms with E-state index in [0.29, 0.717) is 29.5 Å². The van der Waals surface area contributed by atoms with E-state index in [1.54, 1.807) is 18.5 Å². The minimum Gasteiger partial charge on any atom is -0.492 e. The molecule has 3 aromatic rings. The van der Waals surface area contributed by atoms with Crippen molar-refractivity contribution in [3.8, 4) is 28.4 Å². The van der Waals surface area contributed by atoms with Crippen LogP contribution in [-0.2, 0) is 4.79 Å². The Morgan fingerprint density at radius 2 is 2.07 bits per heavy atom. The van der Waals surface area contributed by atoms with Crippen LogP contribution in [-0.4, -0.2) is 35.4 Å². The van der Waals surface area contributed by atoms with Gasteiger partial charge in [0.25, 0.3) is 5.91 Å². The minimum atomic E-state index is -0.733. The number of nitrogens with zero attached hydrogens (tertiary/aromatic N) is 1. The molecule has 2 aromatic carbocycles. The Morgan fingerprint density at radius 3 is 2.82 bits per heavy atom. The summed E-state index contributed by atoms with van der Waals surface area (Å²) in [6, 6.07) is 12.9. The molecular formula is C20H20ClN3O4. The number of ether oxygens (including phenoxy) is 3. The summed E-state index contributed by atoms with van der Waals surface area (Å²) >= 11 is 0. The summed E-state index contributed by atoms with van der Waals surface area (Å²) < 4.78 is 17.1. The molecule has 0 spiro atoms. The summed E-state index contributed by atoms with van der Waals surface area (Å²) in [7, 11) is 0. The molecule has 0 aliphatic carbocycles. The van der Waals surface area contributed by atoms with Gasteiger partial charge in [0.2, 0.25) is 6.10 Å². The second-order valence-corrected chi connectivity index (χ2v) is 5.98. The van der Waals surface area contributed by atoms with Gasteiger partial charge in [0.1, 0.15) is 12.4 Å². The number of carbonyl (C=O) groups is 1. The van der Waals surface area contributed by atoms with Crippen LogP contribution >= 0.6 is 12.4 Å². The van der Waals surface area contributed by atoms with E-state index in [0.717, 1.165) is 11.1 Å². The molecule has 0 fully saturated rings. The molecule has 1 aliphatic rings. The number of fused-ring (bicyclic) bond motifs is 1. The Morgan fingerprint density at radius 1 is 1.25 bits per heavy atom. The Hall–Kier alpha value is -3.19. The lowest BCUT2D eigenvalue weighted by Crippen LogP contribution is -2.40. The largest absolute Gasteiger partial charge is 0.492 e. The predicted molar refractivity (Wildman–Crippen MR) is 107 cm³/mol. The average Bonchev–Trinajstić information content (AvgIpc) is 3.24. The van der Waals surface area contributed by atoms with Crippen molar-refractivity contribution in [2.24, 2.45) is 0 Å². The van der Waals surface area contributed by atoms with E-state index in [4.69, 9.17) is 14.2 Å². The van der Waals surface area contributed by atoms with Gasteiger partial charge in [-0.3, -0.25) is 9.89 Å². The zero-order valence-electron chi connectivity index (χ0n) is 15.2. The number of H-pyrrole nitrogens is 1. The number of carbonyl (C=O) groups excluding carboxylic acids is 1. The van der Waals surface area contributed by atoms with Crippen LogP contribution in [0.4, 0.5) is 5.69 Å². The molecule has 28 heavy (non-hydrogen) atoms. The lowest BCUT2D eigenvalue weighted by atomic mass is 10.1. The van der Waals surface area contributed by atoms with Crippen LogP contribution in [0.5, 0.6) is 17.2 Å². The van der Waals surface area contributed by atoms with Crippen molar-refractivity contribution in [2.75, 3.05) is 18.5 Å². The molecule has 2 heterocycles. The third-order valence-corrected chi connectivity index (χ3v) is 4.17. The molecule has 146 valence electrons. The summed E-state index contributed by atoms with van der Waals surface area (Å²) in [6.45, 7) is 2.53. The van der Waals surface area contributed by atoms with Crippen molar-refractivity contribution in [3.63, 3.8) is 0 Å². The molecule has 1 atom stereocenters. The fourth-order valence-corrected chi connectivity index (χ4v) is 2.85. The predicted octanol–water partition coefficient (Wildman–Crippen LogP) is 3.68. The number of nitrogens with one attached hydrogen (secondary N) is 2. The van der Waals surface area contributed by atoms with Crippen molar-refractivity contribution in [3.05, 3.63) is 54.9 Å². The highest BCUT2D eigenvalue weighted by Gasteiger charge is 2.28. The van der Waals surface area contributed by atoms with Gasteiger partial charge in [0.05, 0.1) is 18.5 Å². The maximum Gasteiger partial charge on any atom is 0.269 e. The van der Waals surface area contributed by atoms with Crippen molar-refractivity contribution in [1.82, 2.24) is 10.2 Å². The van der Waals surface area contributed by atoms with Gasteiger partial charge in [0, 0.05) is 11.8 Å². The molecule has 4 rings (SSSR count). The molecule has 0 saturated heterocycles. The standard InChI is InChI=1S/C20H19N3O4.ClH/c1-2-25-18-9-13(14-10-21-22-11-14)7-8-15(18)23-20(24)19-12-26-16-5-3-4-6-17(16)27-19;/h3-11,19H,2,12H2,1H3,(H,21,22)(H,23,24);1H.